The molecule has 0 amide bonds. The largest absolute Gasteiger partial charge is 0.389 e. The average Bonchev–Trinajstić information content (AvgIpc) is 2.62. The summed E-state index contributed by atoms with van der Waals surface area (Å²) in [6.07, 6.45) is 12.0. The van der Waals surface area contributed by atoms with Gasteiger partial charge >= 0.3 is 0 Å². The van der Waals surface area contributed by atoms with Gasteiger partial charge in [0.15, 0.2) is 0 Å². The van der Waals surface area contributed by atoms with E-state index < -0.39 is 5.60 Å². The average molecular weight is 254 g/mol. The van der Waals surface area contributed by atoms with Gasteiger partial charge in [-0.15, -0.1) is 0 Å². The van der Waals surface area contributed by atoms with Crippen molar-refractivity contribution in [3.63, 3.8) is 0 Å². The van der Waals surface area contributed by atoms with E-state index in [1.165, 1.54) is 51.4 Å². The molecule has 0 spiro atoms. The lowest BCUT2D eigenvalue weighted by Gasteiger charge is -2.35. The zero-order valence-electron chi connectivity index (χ0n) is 11.7. The summed E-state index contributed by atoms with van der Waals surface area (Å²) < 4.78 is 0. The molecule has 18 heavy (non-hydrogen) atoms. The fourth-order valence-electron chi connectivity index (χ4n) is 3.64. The SMILES string of the molecule is NCC1CCCCC1NCC1(O)CCCCCC1. The molecule has 0 bridgehead atoms. The quantitative estimate of drug-likeness (QED) is 0.674. The first-order valence-electron chi connectivity index (χ1n) is 7.89. The Morgan fingerprint density at radius 2 is 1.67 bits per heavy atom. The number of aliphatic hydroxyl groups is 1. The van der Waals surface area contributed by atoms with Gasteiger partial charge in [0.05, 0.1) is 5.60 Å². The molecule has 0 radical (unpaired) electrons. The van der Waals surface area contributed by atoms with Crippen molar-refractivity contribution in [2.45, 2.75) is 75.9 Å². The van der Waals surface area contributed by atoms with E-state index >= 15 is 0 Å². The number of nitrogens with one attached hydrogen (secondary N) is 1. The van der Waals surface area contributed by atoms with Crippen LogP contribution in [0, 0.1) is 5.92 Å². The van der Waals surface area contributed by atoms with Crippen LogP contribution in [0.25, 0.3) is 0 Å². The Balaban J connectivity index is 1.81. The summed E-state index contributed by atoms with van der Waals surface area (Å²) in [6, 6.07) is 0.538. The van der Waals surface area contributed by atoms with Crippen molar-refractivity contribution < 1.29 is 5.11 Å². The normalized spacial score (nSPS) is 33.0. The summed E-state index contributed by atoms with van der Waals surface area (Å²) >= 11 is 0. The zero-order chi connectivity index (χ0) is 12.8. The molecule has 3 heteroatoms. The van der Waals surface area contributed by atoms with Crippen LogP contribution in [0.5, 0.6) is 0 Å². The van der Waals surface area contributed by atoms with Crippen LogP contribution in [0.4, 0.5) is 0 Å². The van der Waals surface area contributed by atoms with Crippen LogP contribution >= 0.6 is 0 Å². The van der Waals surface area contributed by atoms with E-state index in [4.69, 9.17) is 5.73 Å². The summed E-state index contributed by atoms with van der Waals surface area (Å²) in [4.78, 5) is 0. The Hall–Kier alpha value is -0.120. The Labute approximate surface area is 112 Å². The van der Waals surface area contributed by atoms with E-state index in [9.17, 15) is 5.11 Å². The van der Waals surface area contributed by atoms with E-state index in [0.717, 1.165) is 25.9 Å². The second-order valence-corrected chi connectivity index (χ2v) is 6.41. The molecule has 3 nitrogen and oxygen atoms in total. The maximum Gasteiger partial charge on any atom is 0.0771 e. The second-order valence-electron chi connectivity index (χ2n) is 6.41. The van der Waals surface area contributed by atoms with Gasteiger partial charge in [-0.2, -0.15) is 0 Å². The molecule has 106 valence electrons. The van der Waals surface area contributed by atoms with Gasteiger partial charge in [-0.3, -0.25) is 0 Å². The molecule has 2 unspecified atom stereocenters. The maximum absolute atomic E-state index is 10.6. The Bertz CT molecular complexity index is 237. The molecule has 0 aliphatic heterocycles. The second kappa shape index (κ2) is 6.88. The molecule has 2 atom stereocenters. The van der Waals surface area contributed by atoms with Crippen LogP contribution in [0.1, 0.15) is 64.2 Å². The molecule has 2 rings (SSSR count). The van der Waals surface area contributed by atoms with Crippen molar-refractivity contribution in [2.75, 3.05) is 13.1 Å². The topological polar surface area (TPSA) is 58.3 Å². The summed E-state index contributed by atoms with van der Waals surface area (Å²) in [5.41, 5.74) is 5.41. The summed E-state index contributed by atoms with van der Waals surface area (Å²) in [6.45, 7) is 1.56. The monoisotopic (exact) mass is 254 g/mol. The molecule has 0 aromatic rings. The predicted octanol–water partition coefficient (Wildman–Crippen LogP) is 2.18. The Morgan fingerprint density at radius 1 is 1.00 bits per heavy atom. The van der Waals surface area contributed by atoms with Crippen molar-refractivity contribution in [1.29, 1.82) is 0 Å². The minimum absolute atomic E-state index is 0.451. The first-order valence-corrected chi connectivity index (χ1v) is 7.89. The minimum Gasteiger partial charge on any atom is -0.389 e. The summed E-state index contributed by atoms with van der Waals surface area (Å²) in [7, 11) is 0. The molecule has 2 aliphatic carbocycles. The highest BCUT2D eigenvalue weighted by atomic mass is 16.3. The van der Waals surface area contributed by atoms with E-state index in [0.29, 0.717) is 12.0 Å². The first-order chi connectivity index (χ1) is 8.73. The van der Waals surface area contributed by atoms with Gasteiger partial charge in [0.25, 0.3) is 0 Å². The van der Waals surface area contributed by atoms with E-state index in [-0.39, 0.29) is 0 Å². The fraction of sp³-hybridized carbons (Fsp3) is 1.00. The Kier molecular flexibility index (Phi) is 5.46. The molecular weight excluding hydrogens is 224 g/mol. The smallest absolute Gasteiger partial charge is 0.0771 e. The van der Waals surface area contributed by atoms with Crippen LogP contribution in [-0.2, 0) is 0 Å². The van der Waals surface area contributed by atoms with E-state index in [2.05, 4.69) is 5.32 Å². The lowest BCUT2D eigenvalue weighted by molar-refractivity contribution is 0.0193. The van der Waals surface area contributed by atoms with Gasteiger partial charge in [0, 0.05) is 12.6 Å². The van der Waals surface area contributed by atoms with Crippen LogP contribution in [-0.4, -0.2) is 29.8 Å². The lowest BCUT2D eigenvalue weighted by atomic mass is 9.83. The minimum atomic E-state index is -0.451. The van der Waals surface area contributed by atoms with Gasteiger partial charge in [-0.05, 0) is 38.1 Å². The molecule has 2 fully saturated rings. The van der Waals surface area contributed by atoms with Gasteiger partial charge in [0.1, 0.15) is 0 Å². The van der Waals surface area contributed by atoms with Crippen molar-refractivity contribution in [1.82, 2.24) is 5.32 Å². The van der Waals surface area contributed by atoms with Gasteiger partial charge in [0.2, 0.25) is 0 Å². The van der Waals surface area contributed by atoms with Crippen LogP contribution < -0.4 is 11.1 Å². The number of hydrogen-bond acceptors (Lipinski definition) is 3. The van der Waals surface area contributed by atoms with Gasteiger partial charge in [-0.25, -0.2) is 0 Å². The molecule has 4 N–H and O–H groups in total. The number of hydrogen-bond donors (Lipinski definition) is 3. The van der Waals surface area contributed by atoms with Crippen LogP contribution in [0.2, 0.25) is 0 Å². The third-order valence-corrected chi connectivity index (χ3v) is 4.94. The molecule has 0 saturated heterocycles. The summed E-state index contributed by atoms with van der Waals surface area (Å²) in [5.74, 6) is 0.619. The number of nitrogens with two attached hydrogens (primary N) is 1. The number of rotatable bonds is 4. The molecular formula is C15H30N2O. The maximum atomic E-state index is 10.6. The predicted molar refractivity (Wildman–Crippen MR) is 75.5 cm³/mol. The van der Waals surface area contributed by atoms with Gasteiger partial charge < -0.3 is 16.2 Å². The van der Waals surface area contributed by atoms with E-state index in [1.807, 2.05) is 0 Å². The molecule has 2 saturated carbocycles. The highest BCUT2D eigenvalue weighted by Gasteiger charge is 2.30. The summed E-state index contributed by atoms with van der Waals surface area (Å²) in [5, 5.41) is 14.3. The van der Waals surface area contributed by atoms with Gasteiger partial charge in [-0.1, -0.05) is 38.5 Å². The lowest BCUT2D eigenvalue weighted by Crippen LogP contribution is -2.49. The Morgan fingerprint density at radius 3 is 2.33 bits per heavy atom. The third kappa shape index (κ3) is 3.94. The van der Waals surface area contributed by atoms with E-state index in [1.54, 1.807) is 0 Å². The molecule has 2 aliphatic rings. The third-order valence-electron chi connectivity index (χ3n) is 4.94. The van der Waals surface area contributed by atoms with Crippen molar-refractivity contribution >= 4 is 0 Å². The molecule has 0 heterocycles. The first kappa shape index (κ1) is 14.3. The highest BCUT2D eigenvalue weighted by Crippen LogP contribution is 2.28. The van der Waals surface area contributed by atoms with Crippen molar-refractivity contribution in [3.05, 3.63) is 0 Å². The molecule has 0 aromatic heterocycles. The van der Waals surface area contributed by atoms with Crippen LogP contribution in [0.15, 0.2) is 0 Å². The standard InChI is InChI=1S/C15H30N2O/c16-11-13-7-3-4-8-14(13)17-12-15(18)9-5-1-2-6-10-15/h13-14,17-18H,1-12,16H2. The fourth-order valence-corrected chi connectivity index (χ4v) is 3.64. The van der Waals surface area contributed by atoms with Crippen molar-refractivity contribution in [2.24, 2.45) is 11.7 Å². The zero-order valence-corrected chi connectivity index (χ0v) is 11.7. The van der Waals surface area contributed by atoms with Crippen molar-refractivity contribution in [3.8, 4) is 0 Å². The highest BCUT2D eigenvalue weighted by molar-refractivity contribution is 4.88. The molecule has 0 aromatic carbocycles. The van der Waals surface area contributed by atoms with Crippen LogP contribution in [0.3, 0.4) is 0 Å².